The summed E-state index contributed by atoms with van der Waals surface area (Å²) >= 11 is 0. The average Bonchev–Trinajstić information content (AvgIpc) is 2.57. The van der Waals surface area contributed by atoms with Gasteiger partial charge in [0.25, 0.3) is 0 Å². The Morgan fingerprint density at radius 2 is 1.00 bits per heavy atom. The summed E-state index contributed by atoms with van der Waals surface area (Å²) in [5.74, 6) is 0. The lowest BCUT2D eigenvalue weighted by molar-refractivity contribution is 1.65. The molecule has 0 radical (unpaired) electrons. The first kappa shape index (κ1) is 2.83. The van der Waals surface area contributed by atoms with Gasteiger partial charge in [0, 0.05) is 0 Å². The third-order valence-corrected chi connectivity index (χ3v) is 1.46. The topological polar surface area (TPSA) is 0 Å². The van der Waals surface area contributed by atoms with Crippen molar-refractivity contribution in [3.8, 4) is 0 Å². The molecule has 0 aliphatic rings. The number of hydrogen-bond donors (Lipinski definition) is 0. The standard InChI is InChI=1S/C14H12/c1-3-7-13(8-4-1)11-12-14-9-5-2-6-10-14/h1-12H/b12-11-/i1D,2D,3D,4D,5D,6D,7D,8D,9D,10D. The Hall–Kier alpha value is -1.82. The Labute approximate surface area is 98.6 Å². The highest BCUT2D eigenvalue weighted by atomic mass is 13.9. The number of benzene rings is 2. The van der Waals surface area contributed by atoms with Crippen molar-refractivity contribution in [1.82, 2.24) is 0 Å². The first-order valence-corrected chi connectivity index (χ1v) is 3.91. The summed E-state index contributed by atoms with van der Waals surface area (Å²) in [7, 11) is 0. The zero-order valence-electron chi connectivity index (χ0n) is 17.2. The first-order chi connectivity index (χ1) is 11.1. The van der Waals surface area contributed by atoms with E-state index in [1.54, 1.807) is 0 Å². The lowest BCUT2D eigenvalue weighted by atomic mass is 10.1. The molecular weight excluding hydrogens is 168 g/mol. The van der Waals surface area contributed by atoms with Crippen LogP contribution in [0.3, 0.4) is 0 Å². The minimum atomic E-state index is -0.523. The molecule has 0 amide bonds. The molecule has 0 aliphatic heterocycles. The molecule has 0 fully saturated rings. The summed E-state index contributed by atoms with van der Waals surface area (Å²) in [5.41, 5.74) is -0.236. The predicted octanol–water partition coefficient (Wildman–Crippen LogP) is 3.86. The molecule has 14 heavy (non-hydrogen) atoms. The van der Waals surface area contributed by atoms with Crippen LogP contribution in [-0.4, -0.2) is 0 Å². The van der Waals surface area contributed by atoms with E-state index in [4.69, 9.17) is 13.7 Å². The van der Waals surface area contributed by atoms with E-state index < -0.39 is 60.4 Å². The maximum atomic E-state index is 7.81. The molecular formula is C14H12. The lowest BCUT2D eigenvalue weighted by Gasteiger charge is -1.92. The molecule has 0 aromatic heterocycles. The van der Waals surface area contributed by atoms with E-state index in [0.29, 0.717) is 0 Å². The summed E-state index contributed by atoms with van der Waals surface area (Å²) < 4.78 is 76.7. The van der Waals surface area contributed by atoms with Crippen LogP contribution in [0.15, 0.2) is 60.4 Å². The minimum Gasteiger partial charge on any atom is -0.0622 e. The monoisotopic (exact) mass is 190 g/mol. The van der Waals surface area contributed by atoms with E-state index in [2.05, 4.69) is 0 Å². The third-order valence-electron chi connectivity index (χ3n) is 1.46. The highest BCUT2D eigenvalue weighted by molar-refractivity contribution is 5.69. The van der Waals surface area contributed by atoms with E-state index in [1.807, 2.05) is 0 Å². The average molecular weight is 190 g/mol. The number of rotatable bonds is 2. The van der Waals surface area contributed by atoms with Gasteiger partial charge in [-0.15, -0.1) is 0 Å². The van der Waals surface area contributed by atoms with Gasteiger partial charge in [0.2, 0.25) is 0 Å². The van der Waals surface area contributed by atoms with Crippen LogP contribution < -0.4 is 0 Å². The Kier molecular flexibility index (Phi) is 0.896. The van der Waals surface area contributed by atoms with Gasteiger partial charge in [-0.2, -0.15) is 0 Å². The molecule has 0 saturated heterocycles. The van der Waals surface area contributed by atoms with E-state index >= 15 is 0 Å². The fourth-order valence-electron chi connectivity index (χ4n) is 0.853. The summed E-state index contributed by atoms with van der Waals surface area (Å²) in [4.78, 5) is 0. The van der Waals surface area contributed by atoms with Gasteiger partial charge in [-0.25, -0.2) is 0 Å². The first-order valence-electron chi connectivity index (χ1n) is 8.91. The predicted molar refractivity (Wildman–Crippen MR) is 61.8 cm³/mol. The second-order valence-electron chi connectivity index (χ2n) is 2.41. The molecule has 0 aliphatic carbocycles. The van der Waals surface area contributed by atoms with Gasteiger partial charge >= 0.3 is 0 Å². The van der Waals surface area contributed by atoms with Crippen LogP contribution in [0.25, 0.3) is 12.2 Å². The second kappa shape index (κ2) is 4.43. The normalized spacial score (nSPS) is 20.6. The second-order valence-corrected chi connectivity index (χ2v) is 2.41. The van der Waals surface area contributed by atoms with Gasteiger partial charge in [0.15, 0.2) is 0 Å². The van der Waals surface area contributed by atoms with Crippen LogP contribution in [0.2, 0.25) is 0 Å². The lowest BCUT2D eigenvalue weighted by Crippen LogP contribution is -1.70. The SMILES string of the molecule is [2H]c1c([2H])c([2H])c(/C=C\c2c([2H])c([2H])c([2H])c([2H])c2[2H])c([2H])c1[2H]. The van der Waals surface area contributed by atoms with Crippen LogP contribution in [0.5, 0.6) is 0 Å². The largest absolute Gasteiger partial charge is 0.0629 e. The molecule has 2 aromatic rings. The van der Waals surface area contributed by atoms with Crippen molar-refractivity contribution < 1.29 is 13.7 Å². The van der Waals surface area contributed by atoms with Crippen molar-refractivity contribution in [2.24, 2.45) is 0 Å². The molecule has 68 valence electrons. The highest BCUT2D eigenvalue weighted by Crippen LogP contribution is 2.06. The molecule has 0 bridgehead atoms. The zero-order chi connectivity index (χ0) is 18.3. The molecule has 0 atom stereocenters. The van der Waals surface area contributed by atoms with E-state index in [1.165, 1.54) is 0 Å². The van der Waals surface area contributed by atoms with E-state index in [-0.39, 0.29) is 11.1 Å². The van der Waals surface area contributed by atoms with Crippen molar-refractivity contribution in [2.75, 3.05) is 0 Å². The summed E-state index contributed by atoms with van der Waals surface area (Å²) in [6, 6.07) is -4.76. The van der Waals surface area contributed by atoms with Crippen molar-refractivity contribution in [3.63, 3.8) is 0 Å². The Morgan fingerprint density at radius 3 is 1.36 bits per heavy atom. The molecule has 0 saturated carbocycles. The van der Waals surface area contributed by atoms with Gasteiger partial charge in [-0.1, -0.05) is 72.6 Å². The summed E-state index contributed by atoms with van der Waals surface area (Å²) in [6.07, 6.45) is 2.32. The Morgan fingerprint density at radius 1 is 0.643 bits per heavy atom. The molecule has 0 nitrogen and oxygen atoms in total. The molecule has 2 rings (SSSR count). The fourth-order valence-corrected chi connectivity index (χ4v) is 0.853. The van der Waals surface area contributed by atoms with Crippen LogP contribution in [0.4, 0.5) is 0 Å². The molecule has 2 aromatic carbocycles. The van der Waals surface area contributed by atoms with Crippen molar-refractivity contribution in [3.05, 3.63) is 71.6 Å². The van der Waals surface area contributed by atoms with E-state index in [0.717, 1.165) is 12.2 Å². The van der Waals surface area contributed by atoms with Crippen molar-refractivity contribution >= 4 is 12.2 Å². The summed E-state index contributed by atoms with van der Waals surface area (Å²) in [5, 5.41) is 0. The van der Waals surface area contributed by atoms with Gasteiger partial charge in [-0.05, 0) is 11.1 Å². The third kappa shape index (κ3) is 2.33. The van der Waals surface area contributed by atoms with Gasteiger partial charge in [-0.3, -0.25) is 0 Å². The number of hydrogen-bond acceptors (Lipinski definition) is 0. The van der Waals surface area contributed by atoms with Crippen molar-refractivity contribution in [1.29, 1.82) is 0 Å². The van der Waals surface area contributed by atoms with Gasteiger partial charge < -0.3 is 0 Å². The van der Waals surface area contributed by atoms with Gasteiger partial charge in [0.05, 0.1) is 13.7 Å². The molecule has 0 unspecified atom stereocenters. The Balaban J connectivity index is 2.67. The minimum absolute atomic E-state index is 0.118. The van der Waals surface area contributed by atoms with Gasteiger partial charge in [0.1, 0.15) is 0 Å². The Bertz CT molecular complexity index is 739. The van der Waals surface area contributed by atoms with Crippen LogP contribution in [0.1, 0.15) is 24.8 Å². The summed E-state index contributed by atoms with van der Waals surface area (Å²) in [6.45, 7) is 0. The smallest absolute Gasteiger partial charge is 0.0622 e. The van der Waals surface area contributed by atoms with E-state index in [9.17, 15) is 0 Å². The fraction of sp³-hybridized carbons (Fsp3) is 0. The molecule has 0 N–H and O–H groups in total. The van der Waals surface area contributed by atoms with Crippen molar-refractivity contribution in [2.45, 2.75) is 0 Å². The highest BCUT2D eigenvalue weighted by Gasteiger charge is 1.84. The van der Waals surface area contributed by atoms with Crippen LogP contribution >= 0.6 is 0 Å². The van der Waals surface area contributed by atoms with Crippen LogP contribution in [0, 0.1) is 0 Å². The molecule has 0 heterocycles. The maximum absolute atomic E-state index is 7.81. The van der Waals surface area contributed by atoms with Crippen LogP contribution in [-0.2, 0) is 0 Å². The quantitative estimate of drug-likeness (QED) is 0.631. The maximum Gasteiger partial charge on any atom is 0.0629 e. The molecule has 0 heteroatoms. The molecule has 0 spiro atoms. The zero-order valence-corrected chi connectivity index (χ0v) is 7.15.